The van der Waals surface area contributed by atoms with E-state index in [0.29, 0.717) is 5.69 Å². The third-order valence-corrected chi connectivity index (χ3v) is 1.81. The summed E-state index contributed by atoms with van der Waals surface area (Å²) in [5, 5.41) is 8.66. The maximum Gasteiger partial charge on any atom is 0.459 e. The van der Waals surface area contributed by atoms with Crippen LogP contribution in [0.1, 0.15) is 10.4 Å². The molecule has 0 fully saturated rings. The number of hydrogen-bond acceptors (Lipinski definition) is 4. The second-order valence-corrected chi connectivity index (χ2v) is 2.78. The lowest BCUT2D eigenvalue weighted by Gasteiger charge is -1.99. The Morgan fingerprint density at radius 3 is 2.47 bits per heavy atom. The Hall–Kier alpha value is -2.37. The summed E-state index contributed by atoms with van der Waals surface area (Å²) >= 11 is 0. The Morgan fingerprint density at radius 2 is 2.00 bits per heavy atom. The van der Waals surface area contributed by atoms with E-state index in [-0.39, 0.29) is 5.56 Å². The molecule has 0 aliphatic heterocycles. The summed E-state index contributed by atoms with van der Waals surface area (Å²) in [6, 6.07) is 5.87. The quantitative estimate of drug-likeness (QED) is 0.774. The van der Waals surface area contributed by atoms with E-state index < -0.39 is 11.7 Å². The topological polar surface area (TPSA) is 85.3 Å². The Morgan fingerprint density at radius 1 is 1.33 bits per heavy atom. The van der Waals surface area contributed by atoms with Crippen molar-refractivity contribution in [3.05, 3.63) is 46.7 Å². The molecule has 15 heavy (non-hydrogen) atoms. The first-order chi connectivity index (χ1) is 7.16. The average Bonchev–Trinajstić information content (AvgIpc) is 2.65. The Bertz CT molecular complexity index is 538. The highest BCUT2D eigenvalue weighted by atomic mass is 16.5. The molecule has 76 valence electrons. The summed E-state index contributed by atoms with van der Waals surface area (Å²) in [5.74, 6) is -1.70. The molecule has 0 atom stereocenters. The van der Waals surface area contributed by atoms with E-state index in [1.54, 1.807) is 0 Å². The summed E-state index contributed by atoms with van der Waals surface area (Å²) in [4.78, 5) is 24.6. The molecule has 6 nitrogen and oxygen atoms in total. The number of aromatic carboxylic acids is 1. The molecule has 0 unspecified atom stereocenters. The van der Waals surface area contributed by atoms with Crippen molar-refractivity contribution in [2.45, 2.75) is 0 Å². The molecule has 0 saturated carbocycles. The molecular formula is C9H6N2O4. The molecule has 0 spiro atoms. The molecule has 2 rings (SSSR count). The number of nitrogens with zero attached hydrogens (tertiary/aromatic N) is 2. The van der Waals surface area contributed by atoms with Crippen LogP contribution in [0.2, 0.25) is 0 Å². The summed E-state index contributed by atoms with van der Waals surface area (Å²) in [5.41, 5.74) is 0.704. The van der Waals surface area contributed by atoms with Gasteiger partial charge in [0.25, 0.3) is 0 Å². The van der Waals surface area contributed by atoms with Crippen LogP contribution in [0.5, 0.6) is 0 Å². The van der Waals surface area contributed by atoms with Gasteiger partial charge in [-0.15, -0.1) is 0 Å². The number of carbonyl (C=O) groups is 1. The third kappa shape index (κ3) is 1.78. The normalized spacial score (nSPS) is 10.1. The van der Waals surface area contributed by atoms with Gasteiger partial charge >= 0.3 is 11.7 Å². The maximum atomic E-state index is 10.6. The maximum absolute atomic E-state index is 10.6. The molecular weight excluding hydrogens is 200 g/mol. The van der Waals surface area contributed by atoms with Gasteiger partial charge in [0.1, 0.15) is 6.33 Å². The average molecular weight is 206 g/mol. The molecule has 1 heterocycles. The van der Waals surface area contributed by atoms with Gasteiger partial charge < -0.3 is 9.63 Å². The molecule has 1 aromatic carbocycles. The minimum atomic E-state index is -1.01. The van der Waals surface area contributed by atoms with Crippen LogP contribution < -0.4 is 5.76 Å². The van der Waals surface area contributed by atoms with Crippen molar-refractivity contribution >= 4 is 5.97 Å². The monoisotopic (exact) mass is 206 g/mol. The third-order valence-electron chi connectivity index (χ3n) is 1.81. The number of rotatable bonds is 2. The van der Waals surface area contributed by atoms with Crippen LogP contribution in [0.25, 0.3) is 5.69 Å². The molecule has 0 bridgehead atoms. The Balaban J connectivity index is 2.39. The first-order valence-electron chi connectivity index (χ1n) is 4.05. The zero-order valence-corrected chi connectivity index (χ0v) is 7.45. The largest absolute Gasteiger partial charge is 0.478 e. The van der Waals surface area contributed by atoms with Gasteiger partial charge in [-0.2, -0.15) is 9.72 Å². The molecule has 1 N–H and O–H groups in total. The van der Waals surface area contributed by atoms with Gasteiger partial charge in [0, 0.05) is 0 Å². The van der Waals surface area contributed by atoms with E-state index in [1.165, 1.54) is 30.6 Å². The standard InChI is InChI=1S/C9H6N2O4/c12-8(13)6-1-3-7(4-2-6)11-5-10-9(14)15-11/h1-5H,(H,12,13). The van der Waals surface area contributed by atoms with Gasteiger partial charge in [-0.25, -0.2) is 9.59 Å². The van der Waals surface area contributed by atoms with E-state index in [9.17, 15) is 9.59 Å². The predicted molar refractivity (Wildman–Crippen MR) is 49.1 cm³/mol. The van der Waals surface area contributed by atoms with Crippen LogP contribution in [0.3, 0.4) is 0 Å². The predicted octanol–water partition coefficient (Wildman–Crippen LogP) is 0.524. The van der Waals surface area contributed by atoms with Crippen molar-refractivity contribution in [3.63, 3.8) is 0 Å². The van der Waals surface area contributed by atoms with Gasteiger partial charge in [-0.3, -0.25) is 0 Å². The minimum Gasteiger partial charge on any atom is -0.478 e. The fourth-order valence-electron chi connectivity index (χ4n) is 1.10. The molecule has 0 aliphatic carbocycles. The number of carboxylic acids is 1. The van der Waals surface area contributed by atoms with Crippen molar-refractivity contribution in [2.24, 2.45) is 0 Å². The lowest BCUT2D eigenvalue weighted by molar-refractivity contribution is 0.0697. The lowest BCUT2D eigenvalue weighted by atomic mass is 10.2. The highest BCUT2D eigenvalue weighted by Crippen LogP contribution is 2.08. The number of carboxylic acid groups (broad SMARTS) is 1. The van der Waals surface area contributed by atoms with Crippen LogP contribution in [0.15, 0.2) is 39.9 Å². The number of benzene rings is 1. The van der Waals surface area contributed by atoms with Crippen LogP contribution in [0.4, 0.5) is 0 Å². The molecule has 1 aromatic heterocycles. The Labute approximate surface area is 83.4 Å². The van der Waals surface area contributed by atoms with Crippen molar-refractivity contribution in [1.82, 2.24) is 9.72 Å². The van der Waals surface area contributed by atoms with Crippen LogP contribution in [0, 0.1) is 0 Å². The molecule has 0 saturated heterocycles. The van der Waals surface area contributed by atoms with Gasteiger partial charge in [-0.05, 0) is 24.3 Å². The van der Waals surface area contributed by atoms with Gasteiger partial charge in [0.15, 0.2) is 0 Å². The smallest absolute Gasteiger partial charge is 0.459 e. The zero-order chi connectivity index (χ0) is 10.8. The van der Waals surface area contributed by atoms with E-state index in [0.717, 1.165) is 4.74 Å². The van der Waals surface area contributed by atoms with Gasteiger partial charge in [0.2, 0.25) is 0 Å². The van der Waals surface area contributed by atoms with Crippen molar-refractivity contribution < 1.29 is 14.4 Å². The molecule has 0 radical (unpaired) electrons. The fraction of sp³-hybridized carbons (Fsp3) is 0. The summed E-state index contributed by atoms with van der Waals surface area (Å²) in [6.45, 7) is 0. The zero-order valence-electron chi connectivity index (χ0n) is 7.45. The first-order valence-corrected chi connectivity index (χ1v) is 4.05. The molecule has 0 aliphatic rings. The molecule has 0 amide bonds. The molecule has 2 aromatic rings. The van der Waals surface area contributed by atoms with E-state index in [4.69, 9.17) is 5.11 Å². The molecule has 6 heteroatoms. The SMILES string of the molecule is O=C(O)c1ccc(-n2cnc(=O)o2)cc1. The van der Waals surface area contributed by atoms with E-state index in [1.807, 2.05) is 0 Å². The fourth-order valence-corrected chi connectivity index (χ4v) is 1.10. The van der Waals surface area contributed by atoms with E-state index >= 15 is 0 Å². The lowest BCUT2D eigenvalue weighted by Crippen LogP contribution is -1.98. The second-order valence-electron chi connectivity index (χ2n) is 2.78. The summed E-state index contributed by atoms with van der Waals surface area (Å²) in [6.07, 6.45) is 1.22. The summed E-state index contributed by atoms with van der Waals surface area (Å²) < 4.78 is 5.83. The van der Waals surface area contributed by atoms with Crippen molar-refractivity contribution in [3.8, 4) is 5.69 Å². The van der Waals surface area contributed by atoms with Crippen molar-refractivity contribution in [1.29, 1.82) is 0 Å². The highest BCUT2D eigenvalue weighted by molar-refractivity contribution is 5.87. The minimum absolute atomic E-state index is 0.168. The van der Waals surface area contributed by atoms with Gasteiger partial charge in [-0.1, -0.05) is 0 Å². The van der Waals surface area contributed by atoms with Gasteiger partial charge in [0.05, 0.1) is 11.3 Å². The van der Waals surface area contributed by atoms with Crippen LogP contribution in [-0.2, 0) is 0 Å². The number of hydrogen-bond donors (Lipinski definition) is 1. The summed E-state index contributed by atoms with van der Waals surface area (Å²) in [7, 11) is 0. The first kappa shape index (κ1) is 9.20. The second kappa shape index (κ2) is 3.41. The van der Waals surface area contributed by atoms with Crippen LogP contribution >= 0.6 is 0 Å². The highest BCUT2D eigenvalue weighted by Gasteiger charge is 2.03. The number of aromatic nitrogens is 2. The Kier molecular flexibility index (Phi) is 2.09. The van der Waals surface area contributed by atoms with Crippen LogP contribution in [-0.4, -0.2) is 20.8 Å². The van der Waals surface area contributed by atoms with Crippen molar-refractivity contribution in [2.75, 3.05) is 0 Å². The van der Waals surface area contributed by atoms with E-state index in [2.05, 4.69) is 9.51 Å².